The van der Waals surface area contributed by atoms with Crippen molar-refractivity contribution in [2.75, 3.05) is 56.2 Å². The second-order valence-electron chi connectivity index (χ2n) is 10.7. The predicted octanol–water partition coefficient (Wildman–Crippen LogP) is 4.49. The molecule has 3 fully saturated rings. The van der Waals surface area contributed by atoms with Crippen molar-refractivity contribution in [2.45, 2.75) is 29.8 Å². The van der Waals surface area contributed by atoms with Crippen molar-refractivity contribution < 1.29 is 22.3 Å². The van der Waals surface area contributed by atoms with Gasteiger partial charge in [-0.1, -0.05) is 29.8 Å². The zero-order valence-corrected chi connectivity index (χ0v) is 24.3. The molecule has 8 nitrogen and oxygen atoms in total. The normalized spacial score (nSPS) is 21.3. The number of nitrogens with zero attached hydrogens (tertiary/aromatic N) is 4. The predicted molar refractivity (Wildman–Crippen MR) is 157 cm³/mol. The first-order valence-corrected chi connectivity index (χ1v) is 15.6. The minimum absolute atomic E-state index is 0.0156. The molecule has 0 spiro atoms. The molecule has 0 N–H and O–H groups in total. The standard InChI is InChI=1S/C30H32ClFN4O4S/c1-40-29-12-10-25(41(38,39)35-15-13-33(14-16-35)22-5-3-2-4-6-22)18-28(29)36-23-8-9-24(36)20-34(19-23)30(37)26-11-7-21(32)17-27(26)31/h2-7,10-12,17-18,23-24H,8-9,13-16,19-20H2,1H3/t23-,24+. The van der Waals surface area contributed by atoms with E-state index in [-0.39, 0.29) is 33.5 Å². The van der Waals surface area contributed by atoms with Gasteiger partial charge in [0.05, 0.1) is 28.3 Å². The van der Waals surface area contributed by atoms with E-state index in [1.54, 1.807) is 34.5 Å². The van der Waals surface area contributed by atoms with Gasteiger partial charge in [0.2, 0.25) is 10.0 Å². The van der Waals surface area contributed by atoms with Crippen LogP contribution in [-0.2, 0) is 10.0 Å². The van der Waals surface area contributed by atoms with Crippen molar-refractivity contribution in [3.63, 3.8) is 0 Å². The highest BCUT2D eigenvalue weighted by Crippen LogP contribution is 2.41. The topological polar surface area (TPSA) is 73.4 Å². The number of methoxy groups -OCH3 is 1. The maximum absolute atomic E-state index is 13.8. The van der Waals surface area contributed by atoms with Crippen molar-refractivity contribution in [2.24, 2.45) is 0 Å². The molecule has 11 heteroatoms. The Balaban J connectivity index is 1.21. The van der Waals surface area contributed by atoms with Gasteiger partial charge in [0.15, 0.2) is 0 Å². The number of fused-ring (bicyclic) bond motifs is 2. The maximum atomic E-state index is 13.8. The number of benzene rings is 3. The van der Waals surface area contributed by atoms with E-state index >= 15 is 0 Å². The average Bonchev–Trinajstić information content (AvgIpc) is 3.25. The number of anilines is 2. The first-order valence-electron chi connectivity index (χ1n) is 13.8. The van der Waals surface area contributed by atoms with Crippen LogP contribution in [0.25, 0.3) is 0 Å². The fourth-order valence-electron chi connectivity index (χ4n) is 6.30. The molecule has 3 aliphatic heterocycles. The Kier molecular flexibility index (Phi) is 7.56. The maximum Gasteiger partial charge on any atom is 0.255 e. The molecule has 3 aliphatic rings. The molecule has 0 saturated carbocycles. The van der Waals surface area contributed by atoms with Gasteiger partial charge in [0.1, 0.15) is 11.6 Å². The summed E-state index contributed by atoms with van der Waals surface area (Å²) in [6, 6.07) is 18.8. The molecule has 0 unspecified atom stereocenters. The van der Waals surface area contributed by atoms with Gasteiger partial charge in [-0.2, -0.15) is 4.31 Å². The lowest BCUT2D eigenvalue weighted by Crippen LogP contribution is -2.55. The highest BCUT2D eigenvalue weighted by atomic mass is 35.5. The number of rotatable bonds is 6. The molecule has 3 saturated heterocycles. The third kappa shape index (κ3) is 5.24. The minimum atomic E-state index is -3.72. The van der Waals surface area contributed by atoms with E-state index in [1.807, 2.05) is 30.3 Å². The van der Waals surface area contributed by atoms with Gasteiger partial charge in [-0.25, -0.2) is 12.8 Å². The van der Waals surface area contributed by atoms with E-state index in [0.717, 1.165) is 30.3 Å². The van der Waals surface area contributed by atoms with Crippen molar-refractivity contribution in [1.29, 1.82) is 0 Å². The lowest BCUT2D eigenvalue weighted by molar-refractivity contribution is 0.0718. The van der Waals surface area contributed by atoms with E-state index in [1.165, 1.54) is 12.1 Å². The fraction of sp³-hybridized carbons (Fsp3) is 0.367. The summed E-state index contributed by atoms with van der Waals surface area (Å²) in [6.45, 7) is 2.93. The number of halogens is 2. The molecule has 216 valence electrons. The first-order chi connectivity index (χ1) is 19.8. The van der Waals surface area contributed by atoms with Gasteiger partial charge >= 0.3 is 0 Å². The number of ether oxygens (including phenoxy) is 1. The first kappa shape index (κ1) is 27.8. The van der Waals surface area contributed by atoms with Crippen molar-refractivity contribution in [1.82, 2.24) is 9.21 Å². The molecule has 0 radical (unpaired) electrons. The minimum Gasteiger partial charge on any atom is -0.495 e. The van der Waals surface area contributed by atoms with Gasteiger partial charge < -0.3 is 19.4 Å². The largest absolute Gasteiger partial charge is 0.495 e. The van der Waals surface area contributed by atoms with Crippen LogP contribution < -0.4 is 14.5 Å². The summed E-state index contributed by atoms with van der Waals surface area (Å²) in [5.74, 6) is -0.128. The number of para-hydroxylation sites is 1. The second kappa shape index (κ2) is 11.2. The molecule has 2 atom stereocenters. The molecule has 1 amide bonds. The van der Waals surface area contributed by atoms with Crippen molar-refractivity contribution in [3.8, 4) is 5.75 Å². The molecule has 3 heterocycles. The Morgan fingerprint density at radius 1 is 0.927 bits per heavy atom. The Bertz CT molecular complexity index is 1540. The van der Waals surface area contributed by atoms with Gasteiger partial charge in [0.25, 0.3) is 5.91 Å². The number of hydrogen-bond donors (Lipinski definition) is 0. The molecule has 3 aromatic carbocycles. The Labute approximate surface area is 244 Å². The molecular weight excluding hydrogens is 567 g/mol. The van der Waals surface area contributed by atoms with Crippen LogP contribution in [0.5, 0.6) is 5.75 Å². The van der Waals surface area contributed by atoms with E-state index in [0.29, 0.717) is 45.0 Å². The SMILES string of the molecule is COc1ccc(S(=O)(=O)N2CCN(c3ccccc3)CC2)cc1N1[C@@H]2CC[C@H]1CN(C(=O)c1ccc(F)cc1Cl)C2. The molecule has 3 aromatic rings. The summed E-state index contributed by atoms with van der Waals surface area (Å²) in [5, 5.41) is 0.0916. The quantitative estimate of drug-likeness (QED) is 0.416. The van der Waals surface area contributed by atoms with Crippen molar-refractivity contribution >= 4 is 38.9 Å². The van der Waals surface area contributed by atoms with E-state index in [9.17, 15) is 17.6 Å². The van der Waals surface area contributed by atoms with Crippen LogP contribution in [0.3, 0.4) is 0 Å². The number of hydrogen-bond acceptors (Lipinski definition) is 6. The van der Waals surface area contributed by atoms with Gasteiger partial charge in [0, 0.05) is 57.0 Å². The van der Waals surface area contributed by atoms with E-state index in [2.05, 4.69) is 9.80 Å². The summed E-state index contributed by atoms with van der Waals surface area (Å²) in [6.07, 6.45) is 1.71. The number of likely N-dealkylation sites (tertiary alicyclic amines) is 1. The summed E-state index contributed by atoms with van der Waals surface area (Å²) >= 11 is 6.18. The number of piperazine rings is 2. The van der Waals surface area contributed by atoms with Crippen LogP contribution in [-0.4, -0.2) is 82.0 Å². The number of carbonyl (C=O) groups excluding carboxylic acids is 1. The van der Waals surface area contributed by atoms with Crippen LogP contribution >= 0.6 is 11.6 Å². The van der Waals surface area contributed by atoms with E-state index < -0.39 is 15.8 Å². The highest BCUT2D eigenvalue weighted by molar-refractivity contribution is 7.89. The third-order valence-electron chi connectivity index (χ3n) is 8.36. The van der Waals surface area contributed by atoms with Gasteiger partial charge in [-0.3, -0.25) is 4.79 Å². The van der Waals surface area contributed by atoms with Crippen LogP contribution in [0.1, 0.15) is 23.2 Å². The van der Waals surface area contributed by atoms with E-state index in [4.69, 9.17) is 16.3 Å². The van der Waals surface area contributed by atoms with Crippen LogP contribution in [0.4, 0.5) is 15.8 Å². The molecule has 41 heavy (non-hydrogen) atoms. The number of sulfonamides is 1. The lowest BCUT2D eigenvalue weighted by Gasteiger charge is -2.43. The highest BCUT2D eigenvalue weighted by Gasteiger charge is 2.43. The number of carbonyl (C=O) groups is 1. The molecule has 0 aliphatic carbocycles. The van der Waals surface area contributed by atoms with Gasteiger partial charge in [-0.05, 0) is 61.4 Å². The zero-order valence-electron chi connectivity index (χ0n) is 22.7. The molecular formula is C30H32ClFN4O4S. The summed E-state index contributed by atoms with van der Waals surface area (Å²) in [4.78, 5) is 19.7. The van der Waals surface area contributed by atoms with Crippen molar-refractivity contribution in [3.05, 3.63) is 83.1 Å². The fourth-order valence-corrected chi connectivity index (χ4v) is 7.99. The second-order valence-corrected chi connectivity index (χ2v) is 13.0. The average molecular weight is 599 g/mol. The Morgan fingerprint density at radius 2 is 1.61 bits per heavy atom. The summed E-state index contributed by atoms with van der Waals surface area (Å²) < 4.78 is 48.3. The van der Waals surface area contributed by atoms with Crippen LogP contribution in [0.2, 0.25) is 5.02 Å². The summed E-state index contributed by atoms with van der Waals surface area (Å²) in [7, 11) is -2.14. The smallest absolute Gasteiger partial charge is 0.255 e. The number of amides is 1. The third-order valence-corrected chi connectivity index (χ3v) is 10.6. The van der Waals surface area contributed by atoms with Crippen LogP contribution in [0, 0.1) is 5.82 Å². The molecule has 6 rings (SSSR count). The Hall–Kier alpha value is -3.34. The van der Waals surface area contributed by atoms with Gasteiger partial charge in [-0.15, -0.1) is 0 Å². The zero-order chi connectivity index (χ0) is 28.7. The summed E-state index contributed by atoms with van der Waals surface area (Å²) in [5.41, 5.74) is 2.08. The Morgan fingerprint density at radius 3 is 2.24 bits per heavy atom. The molecule has 2 bridgehead atoms. The lowest BCUT2D eigenvalue weighted by atomic mass is 10.1. The van der Waals surface area contributed by atoms with Crippen LogP contribution in [0.15, 0.2) is 71.6 Å². The molecule has 0 aromatic heterocycles. The monoisotopic (exact) mass is 598 g/mol.